The number of benzene rings is 1. The first kappa shape index (κ1) is 57.4. The van der Waals surface area contributed by atoms with Crippen molar-refractivity contribution in [3.05, 3.63) is 35.9 Å². The summed E-state index contributed by atoms with van der Waals surface area (Å²) in [5.74, 6) is -7.42. The molecule has 0 saturated carbocycles. The molecule has 1 aromatic rings. The van der Waals surface area contributed by atoms with Crippen LogP contribution in [0.25, 0.3) is 0 Å². The van der Waals surface area contributed by atoms with Gasteiger partial charge in [0.2, 0.25) is 41.4 Å². The molecule has 21 N–H and O–H groups in total. The molecule has 0 aliphatic rings. The number of hydrogen-bond donors (Lipinski definition) is 15. The van der Waals surface area contributed by atoms with Crippen LogP contribution in [-0.2, 0) is 44.8 Å². The zero-order valence-electron chi connectivity index (χ0n) is 37.9. The van der Waals surface area contributed by atoms with E-state index in [0.29, 0.717) is 18.4 Å². The summed E-state index contributed by atoms with van der Waals surface area (Å²) in [5, 5.41) is 36.2. The van der Waals surface area contributed by atoms with Crippen LogP contribution in [0.1, 0.15) is 77.7 Å². The number of rotatable bonds is 32. The first-order chi connectivity index (χ1) is 31.2. The Morgan fingerprint density at radius 1 is 0.591 bits per heavy atom. The molecule has 1 aromatic carbocycles. The Bertz CT molecular complexity index is 1790. The van der Waals surface area contributed by atoms with Gasteiger partial charge in [-0.25, -0.2) is 0 Å². The Morgan fingerprint density at radius 2 is 1.05 bits per heavy atom. The summed E-state index contributed by atoms with van der Waals surface area (Å²) in [6.07, 6.45) is 1.23. The molecule has 0 saturated heterocycles. The molecular formula is C41H71N15O10. The van der Waals surface area contributed by atoms with Crippen molar-refractivity contribution in [3.8, 4) is 0 Å². The number of carboxylic acid groups (broad SMARTS) is 1. The number of hydrogen-bond acceptors (Lipinski definition) is 13. The molecule has 370 valence electrons. The van der Waals surface area contributed by atoms with E-state index < -0.39 is 103 Å². The van der Waals surface area contributed by atoms with Gasteiger partial charge >= 0.3 is 5.97 Å². The topological polar surface area (TPSA) is 442 Å². The van der Waals surface area contributed by atoms with Crippen LogP contribution in [0.5, 0.6) is 0 Å². The van der Waals surface area contributed by atoms with Crippen molar-refractivity contribution in [2.24, 2.45) is 50.3 Å². The van der Waals surface area contributed by atoms with Gasteiger partial charge < -0.3 is 81.8 Å². The maximum Gasteiger partial charge on any atom is 0.322 e. The molecule has 25 heteroatoms. The lowest BCUT2D eigenvalue weighted by Gasteiger charge is -2.28. The third kappa shape index (κ3) is 23.9. The van der Waals surface area contributed by atoms with Crippen LogP contribution in [0.2, 0.25) is 0 Å². The largest absolute Gasteiger partial charge is 0.480 e. The van der Waals surface area contributed by atoms with Gasteiger partial charge in [0, 0.05) is 19.5 Å². The number of carbonyl (C=O) groups excluding carboxylic acids is 7. The molecule has 0 fully saturated rings. The van der Waals surface area contributed by atoms with Gasteiger partial charge in [-0.3, -0.25) is 48.3 Å². The van der Waals surface area contributed by atoms with Gasteiger partial charge in [-0.1, -0.05) is 44.2 Å². The number of nitrogens with two attached hydrogens (primary N) is 6. The number of guanidine groups is 2. The number of nitrogens with one attached hydrogen (secondary N) is 7. The second kappa shape index (κ2) is 31.3. The average Bonchev–Trinajstić information content (AvgIpc) is 3.26. The van der Waals surface area contributed by atoms with Crippen LogP contribution in [0.3, 0.4) is 0 Å². The molecule has 0 aliphatic carbocycles. The number of carbonyl (C=O) groups is 8. The molecule has 0 heterocycles. The highest BCUT2D eigenvalue weighted by atomic mass is 16.4. The summed E-state index contributed by atoms with van der Waals surface area (Å²) in [4.78, 5) is 114. The Balaban J connectivity index is 3.52. The number of carboxylic acids is 1. The average molecular weight is 934 g/mol. The molecule has 1 rings (SSSR count). The van der Waals surface area contributed by atoms with Crippen molar-refractivity contribution in [2.45, 2.75) is 121 Å². The number of aliphatic hydroxyl groups is 1. The number of unbranched alkanes of at least 4 members (excludes halogenated alkanes) is 1. The fourth-order valence-electron chi connectivity index (χ4n) is 6.21. The maximum absolute atomic E-state index is 14.2. The number of aliphatic carboxylic acids is 1. The lowest BCUT2D eigenvalue weighted by atomic mass is 10.00. The SMILES string of the molecule is CC(C)C[C@H](NC(=O)[C@H](CCCN=C(N)N)NC(=O)[C@H](CCCN=C(N)N)NC(=O)[C@H](CCCCN)NC(=O)[C@H](C)NC(=O)[C@@H](N)CO)C(=O)N[C@@H](Cc1ccccc1)C(=O)NCC(=O)O. The molecule has 7 atom stereocenters. The zero-order chi connectivity index (χ0) is 49.8. The monoisotopic (exact) mass is 934 g/mol. The third-order valence-corrected chi connectivity index (χ3v) is 9.69. The fraction of sp³-hybridized carbons (Fsp3) is 0.610. The Kier molecular flexibility index (Phi) is 27.2. The predicted molar refractivity (Wildman–Crippen MR) is 245 cm³/mol. The van der Waals surface area contributed by atoms with E-state index in [-0.39, 0.29) is 82.4 Å². The molecule has 0 spiro atoms. The fourth-order valence-corrected chi connectivity index (χ4v) is 6.21. The van der Waals surface area contributed by atoms with Crippen molar-refractivity contribution in [1.82, 2.24) is 37.2 Å². The minimum Gasteiger partial charge on any atom is -0.480 e. The third-order valence-electron chi connectivity index (χ3n) is 9.69. The predicted octanol–water partition coefficient (Wildman–Crippen LogP) is -5.04. The molecule has 0 unspecified atom stereocenters. The standard InChI is InChI=1S/C41H71N15O10/c1-23(2)19-30(39(66)56-31(35(62)50-21-32(58)59)20-25-11-5-4-6-12-25)55-38(65)29(15-10-18-49-41(46)47)54-37(64)28(14-9-17-48-40(44)45)53-36(63)27(13-7-8-16-42)52-33(60)24(3)51-34(61)26(43)22-57/h4-6,11-12,23-24,26-31,57H,7-10,13-22,42-43H2,1-3H3,(H,50,62)(H,51,61)(H,52,60)(H,53,63)(H,54,64)(H,55,65)(H,56,66)(H,58,59)(H4,44,45,48)(H4,46,47,49)/t24-,26-,27-,28-,29-,30-,31-/m0/s1. The van der Waals surface area contributed by atoms with Gasteiger partial charge in [0.1, 0.15) is 48.8 Å². The van der Waals surface area contributed by atoms with Crippen molar-refractivity contribution in [2.75, 3.05) is 32.8 Å². The van der Waals surface area contributed by atoms with E-state index in [1.54, 1.807) is 44.2 Å². The molecule has 25 nitrogen and oxygen atoms in total. The second-order valence-corrected chi connectivity index (χ2v) is 15.9. The van der Waals surface area contributed by atoms with E-state index in [1.807, 2.05) is 0 Å². The summed E-state index contributed by atoms with van der Waals surface area (Å²) in [5.41, 5.74) is 33.8. The first-order valence-electron chi connectivity index (χ1n) is 21.7. The minimum atomic E-state index is -1.35. The van der Waals surface area contributed by atoms with E-state index in [2.05, 4.69) is 47.2 Å². The Hall–Kier alpha value is -6.60. The summed E-state index contributed by atoms with van der Waals surface area (Å²) < 4.78 is 0. The van der Waals surface area contributed by atoms with Gasteiger partial charge in [0.05, 0.1) is 6.61 Å². The van der Waals surface area contributed by atoms with Gasteiger partial charge in [0.25, 0.3) is 0 Å². The van der Waals surface area contributed by atoms with Crippen LogP contribution in [0.4, 0.5) is 0 Å². The normalized spacial score (nSPS) is 14.0. The lowest BCUT2D eigenvalue weighted by molar-refractivity contribution is -0.138. The minimum absolute atomic E-state index is 0.00732. The van der Waals surface area contributed by atoms with Crippen LogP contribution < -0.4 is 71.6 Å². The van der Waals surface area contributed by atoms with Crippen LogP contribution in [0, 0.1) is 5.92 Å². The van der Waals surface area contributed by atoms with E-state index in [4.69, 9.17) is 39.5 Å². The highest BCUT2D eigenvalue weighted by molar-refractivity contribution is 5.97. The van der Waals surface area contributed by atoms with E-state index in [9.17, 15) is 43.5 Å². The maximum atomic E-state index is 14.2. The molecule has 66 heavy (non-hydrogen) atoms. The second-order valence-electron chi connectivity index (χ2n) is 15.9. The van der Waals surface area contributed by atoms with Gasteiger partial charge in [-0.15, -0.1) is 0 Å². The molecule has 0 radical (unpaired) electrons. The molecule has 0 aromatic heterocycles. The lowest BCUT2D eigenvalue weighted by Crippen LogP contribution is -2.60. The highest BCUT2D eigenvalue weighted by Crippen LogP contribution is 2.11. The van der Waals surface area contributed by atoms with E-state index >= 15 is 0 Å². The quantitative estimate of drug-likeness (QED) is 0.0183. The Labute approximate surface area is 384 Å². The highest BCUT2D eigenvalue weighted by Gasteiger charge is 2.33. The van der Waals surface area contributed by atoms with Crippen molar-refractivity contribution < 1.29 is 48.6 Å². The van der Waals surface area contributed by atoms with Crippen LogP contribution in [0.15, 0.2) is 40.3 Å². The van der Waals surface area contributed by atoms with Gasteiger partial charge in [-0.2, -0.15) is 0 Å². The molecular weight excluding hydrogens is 863 g/mol. The number of amides is 7. The smallest absolute Gasteiger partial charge is 0.322 e. The number of nitrogens with zero attached hydrogens (tertiary/aromatic N) is 2. The molecule has 0 aliphatic heterocycles. The van der Waals surface area contributed by atoms with E-state index in [1.165, 1.54) is 6.92 Å². The molecule has 0 bridgehead atoms. The first-order valence-corrected chi connectivity index (χ1v) is 21.7. The summed E-state index contributed by atoms with van der Waals surface area (Å²) >= 11 is 0. The van der Waals surface area contributed by atoms with Crippen LogP contribution >= 0.6 is 0 Å². The molecule has 7 amide bonds. The Morgan fingerprint density at radius 3 is 1.50 bits per heavy atom. The van der Waals surface area contributed by atoms with E-state index in [0.717, 1.165) is 0 Å². The summed E-state index contributed by atoms with van der Waals surface area (Å²) in [6, 6.07) is -0.201. The van der Waals surface area contributed by atoms with Crippen LogP contribution in [-0.4, -0.2) is 145 Å². The zero-order valence-corrected chi connectivity index (χ0v) is 37.9. The van der Waals surface area contributed by atoms with Crippen molar-refractivity contribution >= 4 is 59.2 Å². The summed E-state index contributed by atoms with van der Waals surface area (Å²) in [6.45, 7) is 3.97. The van der Waals surface area contributed by atoms with Gasteiger partial charge in [0.15, 0.2) is 11.9 Å². The van der Waals surface area contributed by atoms with Crippen molar-refractivity contribution in [3.63, 3.8) is 0 Å². The van der Waals surface area contributed by atoms with Gasteiger partial charge in [-0.05, 0) is 76.3 Å². The number of aliphatic imine (C=N–C) groups is 2. The number of aliphatic hydroxyl groups excluding tert-OH is 1. The summed E-state index contributed by atoms with van der Waals surface area (Å²) in [7, 11) is 0. The van der Waals surface area contributed by atoms with Crippen molar-refractivity contribution in [1.29, 1.82) is 0 Å².